The van der Waals surface area contributed by atoms with Crippen LogP contribution < -0.4 is 5.32 Å². The van der Waals surface area contributed by atoms with Gasteiger partial charge in [-0.1, -0.05) is 54.1 Å². The molecule has 4 heteroatoms. The molecule has 0 amide bonds. The van der Waals surface area contributed by atoms with Crippen molar-refractivity contribution in [1.29, 1.82) is 0 Å². The highest BCUT2D eigenvalue weighted by Gasteiger charge is 2.16. The summed E-state index contributed by atoms with van der Waals surface area (Å²) in [4.78, 5) is 4.93. The van der Waals surface area contributed by atoms with E-state index in [1.54, 1.807) is 0 Å². The van der Waals surface area contributed by atoms with E-state index >= 15 is 0 Å². The van der Waals surface area contributed by atoms with Gasteiger partial charge in [0.15, 0.2) is 0 Å². The van der Waals surface area contributed by atoms with E-state index in [1.807, 2.05) is 12.1 Å². The molecule has 0 aliphatic carbocycles. The molecule has 2 aromatic carbocycles. The molecule has 1 aliphatic rings. The summed E-state index contributed by atoms with van der Waals surface area (Å²) in [5.41, 5.74) is 2.54. The smallest absolute Gasteiger partial charge is 0.0577 e. The zero-order chi connectivity index (χ0) is 16.8. The Kier molecular flexibility index (Phi) is 6.27. The summed E-state index contributed by atoms with van der Waals surface area (Å²) in [6.07, 6.45) is 0. The van der Waals surface area contributed by atoms with Crippen LogP contribution in [-0.4, -0.2) is 56.1 Å². The Balaban J connectivity index is 1.63. The maximum atomic E-state index is 6.05. The summed E-state index contributed by atoms with van der Waals surface area (Å²) >= 11 is 6.05. The Hall–Kier alpha value is -1.39. The highest BCUT2D eigenvalue weighted by molar-refractivity contribution is 6.30. The number of halogens is 1. The van der Waals surface area contributed by atoms with Gasteiger partial charge < -0.3 is 10.2 Å². The van der Waals surface area contributed by atoms with Crippen LogP contribution >= 0.6 is 11.6 Å². The number of hydrogen-bond donors (Lipinski definition) is 1. The van der Waals surface area contributed by atoms with Crippen LogP contribution in [0.4, 0.5) is 0 Å². The molecule has 0 spiro atoms. The normalized spacial score (nSPS) is 17.8. The summed E-state index contributed by atoms with van der Waals surface area (Å²) in [6, 6.07) is 19.0. The van der Waals surface area contributed by atoms with Crippen LogP contribution in [0.1, 0.15) is 17.2 Å². The van der Waals surface area contributed by atoms with Gasteiger partial charge in [-0.2, -0.15) is 0 Å². The van der Waals surface area contributed by atoms with Gasteiger partial charge in [-0.15, -0.1) is 0 Å². The van der Waals surface area contributed by atoms with E-state index < -0.39 is 0 Å². The number of benzene rings is 2. The fourth-order valence-electron chi connectivity index (χ4n) is 3.17. The fraction of sp³-hybridized carbons (Fsp3) is 0.400. The topological polar surface area (TPSA) is 18.5 Å². The third-order valence-corrected chi connectivity index (χ3v) is 4.96. The number of likely N-dealkylation sites (N-methyl/N-ethyl adjacent to an activating group) is 1. The molecule has 3 nitrogen and oxygen atoms in total. The summed E-state index contributed by atoms with van der Waals surface area (Å²) in [7, 11) is 2.20. The van der Waals surface area contributed by atoms with Gasteiger partial charge >= 0.3 is 0 Å². The first-order chi connectivity index (χ1) is 11.7. The lowest BCUT2D eigenvalue weighted by atomic mass is 9.99. The van der Waals surface area contributed by atoms with Crippen LogP contribution in [0.5, 0.6) is 0 Å². The van der Waals surface area contributed by atoms with E-state index in [0.717, 1.165) is 31.2 Å². The van der Waals surface area contributed by atoms with Gasteiger partial charge in [0.2, 0.25) is 0 Å². The van der Waals surface area contributed by atoms with Gasteiger partial charge in [-0.3, -0.25) is 4.90 Å². The Morgan fingerprint density at radius 3 is 2.21 bits per heavy atom. The van der Waals surface area contributed by atoms with Crippen molar-refractivity contribution in [3.63, 3.8) is 0 Å². The zero-order valence-electron chi connectivity index (χ0n) is 14.3. The molecule has 128 valence electrons. The van der Waals surface area contributed by atoms with Crippen molar-refractivity contribution in [1.82, 2.24) is 15.1 Å². The van der Waals surface area contributed by atoms with Crippen molar-refractivity contribution < 1.29 is 0 Å². The highest BCUT2D eigenvalue weighted by Crippen LogP contribution is 2.23. The van der Waals surface area contributed by atoms with Crippen molar-refractivity contribution in [3.8, 4) is 0 Å². The molecule has 1 heterocycles. The molecule has 3 rings (SSSR count). The van der Waals surface area contributed by atoms with Crippen molar-refractivity contribution in [2.45, 2.75) is 6.04 Å². The van der Waals surface area contributed by atoms with Gasteiger partial charge in [0.1, 0.15) is 0 Å². The van der Waals surface area contributed by atoms with Crippen LogP contribution in [0.2, 0.25) is 5.02 Å². The molecule has 1 atom stereocenters. The Morgan fingerprint density at radius 1 is 0.917 bits per heavy atom. The van der Waals surface area contributed by atoms with Gasteiger partial charge in [-0.05, 0) is 30.3 Å². The second kappa shape index (κ2) is 8.63. The molecule has 2 aromatic rings. The van der Waals surface area contributed by atoms with Crippen molar-refractivity contribution in [2.75, 3.05) is 46.3 Å². The monoisotopic (exact) mass is 343 g/mol. The minimum Gasteiger partial charge on any atom is -0.305 e. The quantitative estimate of drug-likeness (QED) is 0.868. The largest absolute Gasteiger partial charge is 0.305 e. The average Bonchev–Trinajstić information content (AvgIpc) is 2.62. The maximum absolute atomic E-state index is 6.05. The standard InChI is InChI=1S/C20H26ClN3/c1-23-13-15-24(16-14-23)12-11-22-20(17-5-3-2-4-6-17)18-7-9-19(21)10-8-18/h2-10,20,22H,11-16H2,1H3. The van der Waals surface area contributed by atoms with E-state index in [2.05, 4.69) is 64.6 Å². The Morgan fingerprint density at radius 2 is 1.54 bits per heavy atom. The third kappa shape index (κ3) is 4.81. The van der Waals surface area contributed by atoms with Gasteiger partial charge in [0.05, 0.1) is 6.04 Å². The lowest BCUT2D eigenvalue weighted by molar-refractivity contribution is 0.154. The molecule has 0 saturated carbocycles. The second-order valence-electron chi connectivity index (χ2n) is 6.49. The van der Waals surface area contributed by atoms with Gasteiger partial charge in [-0.25, -0.2) is 0 Å². The number of nitrogens with one attached hydrogen (secondary N) is 1. The van der Waals surface area contributed by atoms with Crippen molar-refractivity contribution in [3.05, 3.63) is 70.7 Å². The SMILES string of the molecule is CN1CCN(CCNC(c2ccccc2)c2ccc(Cl)cc2)CC1. The number of hydrogen-bond acceptors (Lipinski definition) is 3. The van der Waals surface area contributed by atoms with Crippen LogP contribution in [0.25, 0.3) is 0 Å². The molecular weight excluding hydrogens is 318 g/mol. The molecule has 1 saturated heterocycles. The summed E-state index contributed by atoms with van der Waals surface area (Å²) in [5.74, 6) is 0. The van der Waals surface area contributed by atoms with E-state index in [9.17, 15) is 0 Å². The summed E-state index contributed by atoms with van der Waals surface area (Å²) < 4.78 is 0. The second-order valence-corrected chi connectivity index (χ2v) is 6.93. The van der Waals surface area contributed by atoms with E-state index in [0.29, 0.717) is 0 Å². The molecule has 0 bridgehead atoms. The third-order valence-electron chi connectivity index (χ3n) is 4.71. The molecule has 1 unspecified atom stereocenters. The molecule has 0 radical (unpaired) electrons. The first kappa shape index (κ1) is 17.4. The predicted molar refractivity (Wildman–Crippen MR) is 102 cm³/mol. The fourth-order valence-corrected chi connectivity index (χ4v) is 3.29. The Labute approximate surface area is 150 Å². The van der Waals surface area contributed by atoms with E-state index in [1.165, 1.54) is 24.2 Å². The van der Waals surface area contributed by atoms with Crippen molar-refractivity contribution >= 4 is 11.6 Å². The van der Waals surface area contributed by atoms with Crippen LogP contribution in [0.3, 0.4) is 0 Å². The zero-order valence-corrected chi connectivity index (χ0v) is 15.0. The number of rotatable bonds is 6. The predicted octanol–water partition coefficient (Wildman–Crippen LogP) is 3.27. The van der Waals surface area contributed by atoms with Gasteiger partial charge in [0, 0.05) is 44.3 Å². The lowest BCUT2D eigenvalue weighted by Gasteiger charge is -2.32. The van der Waals surface area contributed by atoms with Crippen LogP contribution in [-0.2, 0) is 0 Å². The number of piperazine rings is 1. The minimum atomic E-state index is 0.205. The molecule has 1 aliphatic heterocycles. The van der Waals surface area contributed by atoms with Crippen molar-refractivity contribution in [2.24, 2.45) is 0 Å². The molecule has 0 aromatic heterocycles. The van der Waals surface area contributed by atoms with E-state index in [4.69, 9.17) is 11.6 Å². The van der Waals surface area contributed by atoms with Gasteiger partial charge in [0.25, 0.3) is 0 Å². The Bertz CT molecular complexity index is 607. The first-order valence-electron chi connectivity index (χ1n) is 8.67. The highest BCUT2D eigenvalue weighted by atomic mass is 35.5. The minimum absolute atomic E-state index is 0.205. The first-order valence-corrected chi connectivity index (χ1v) is 9.05. The molecule has 1 fully saturated rings. The number of nitrogens with zero attached hydrogens (tertiary/aromatic N) is 2. The average molecular weight is 344 g/mol. The van der Waals surface area contributed by atoms with Crippen LogP contribution in [0.15, 0.2) is 54.6 Å². The maximum Gasteiger partial charge on any atom is 0.0577 e. The molecule has 24 heavy (non-hydrogen) atoms. The van der Waals surface area contributed by atoms with E-state index in [-0.39, 0.29) is 6.04 Å². The molecule has 1 N–H and O–H groups in total. The van der Waals surface area contributed by atoms with Crippen LogP contribution in [0, 0.1) is 0 Å². The molecular formula is C20H26ClN3. The summed E-state index contributed by atoms with van der Waals surface area (Å²) in [6.45, 7) is 6.72. The lowest BCUT2D eigenvalue weighted by Crippen LogP contribution is -2.46. The summed E-state index contributed by atoms with van der Waals surface area (Å²) in [5, 5.41) is 4.51.